The molecule has 5 aromatic heterocycles. The summed E-state index contributed by atoms with van der Waals surface area (Å²) in [5.74, 6) is -3.05. The largest absolute Gasteiger partial charge is 0.479 e. The fourth-order valence-electron chi connectivity index (χ4n) is 4.40. The Bertz CT molecular complexity index is 1910. The normalized spacial score (nSPS) is 11.7. The molecule has 5 aromatic rings. The molecule has 0 unspecified atom stereocenters. The molecular formula is C25H29N17O5. The number of anilines is 2. The predicted molar refractivity (Wildman–Crippen MR) is 161 cm³/mol. The standard InChI is InChI=1S/C25H29N17O5/c1-5-7-13-15(33-35-19-11(21(43)44)9-28-39(19)3)17(26)41(37-13)23-30-24(32-25(47)31-23)42-18(27)16(14(38-42)8-6-2)34-36-20-12(22(45)46)10-29-40(20)4/h9-10H,5-8,26-27H2,1-4H3,(H,43,44)(H,45,46)(H,30,31,32,47)/b35-33+,36-34+. The average Bonchev–Trinajstić information content (AvgIpc) is 3.75. The minimum atomic E-state index is -1.23. The molecule has 5 rings (SSSR count). The second-order valence-electron chi connectivity index (χ2n) is 9.94. The summed E-state index contributed by atoms with van der Waals surface area (Å²) in [7, 11) is 3.03. The maximum atomic E-state index is 11.6. The molecule has 0 spiro atoms. The van der Waals surface area contributed by atoms with Crippen LogP contribution < -0.4 is 11.5 Å². The molecule has 0 bridgehead atoms. The Morgan fingerprint density at radius 2 is 1.13 bits per heavy atom. The Balaban J connectivity index is 1.58. The third kappa shape index (κ3) is 6.05. The van der Waals surface area contributed by atoms with Crippen molar-refractivity contribution in [2.45, 2.75) is 39.5 Å². The number of rotatable bonds is 12. The average molecular weight is 648 g/mol. The van der Waals surface area contributed by atoms with Gasteiger partial charge in [-0.2, -0.15) is 44.7 Å². The molecule has 0 aromatic carbocycles. The fraction of sp³-hybridized carbons (Fsp3) is 0.320. The van der Waals surface area contributed by atoms with Crippen LogP contribution in [0.4, 0.5) is 34.6 Å². The van der Waals surface area contributed by atoms with Crippen LogP contribution in [0.25, 0.3) is 11.9 Å². The number of aromatic hydroxyl groups is 1. The van der Waals surface area contributed by atoms with Gasteiger partial charge in [0.1, 0.15) is 11.1 Å². The molecule has 22 heteroatoms. The lowest BCUT2D eigenvalue weighted by molar-refractivity contribution is 0.0686. The second-order valence-corrected chi connectivity index (χ2v) is 9.94. The molecule has 0 amide bonds. The zero-order valence-corrected chi connectivity index (χ0v) is 25.5. The number of carboxylic acids is 2. The highest BCUT2D eigenvalue weighted by molar-refractivity contribution is 5.92. The molecule has 244 valence electrons. The number of nitrogens with two attached hydrogens (primary N) is 2. The van der Waals surface area contributed by atoms with Crippen molar-refractivity contribution in [2.75, 3.05) is 11.5 Å². The van der Waals surface area contributed by atoms with Crippen molar-refractivity contribution >= 4 is 46.6 Å². The van der Waals surface area contributed by atoms with Gasteiger partial charge < -0.3 is 26.8 Å². The molecule has 0 fully saturated rings. The molecule has 0 atom stereocenters. The predicted octanol–water partition coefficient (Wildman–Crippen LogP) is 2.71. The first-order valence-corrected chi connectivity index (χ1v) is 14.0. The molecular weight excluding hydrogens is 618 g/mol. The monoisotopic (exact) mass is 647 g/mol. The van der Waals surface area contributed by atoms with Crippen molar-refractivity contribution < 1.29 is 24.9 Å². The van der Waals surface area contributed by atoms with E-state index in [4.69, 9.17) is 11.5 Å². The van der Waals surface area contributed by atoms with Crippen molar-refractivity contribution in [1.29, 1.82) is 0 Å². The van der Waals surface area contributed by atoms with Crippen molar-refractivity contribution in [1.82, 2.24) is 54.1 Å². The molecule has 0 saturated heterocycles. The van der Waals surface area contributed by atoms with E-state index in [2.05, 4.69) is 55.8 Å². The third-order valence-corrected chi connectivity index (χ3v) is 6.65. The number of carboxylic acid groups (broad SMARTS) is 2. The van der Waals surface area contributed by atoms with Crippen LogP contribution in [0.2, 0.25) is 0 Å². The zero-order valence-electron chi connectivity index (χ0n) is 25.5. The van der Waals surface area contributed by atoms with Gasteiger partial charge in [0, 0.05) is 14.1 Å². The smallest absolute Gasteiger partial charge is 0.341 e. The minimum Gasteiger partial charge on any atom is -0.479 e. The summed E-state index contributed by atoms with van der Waals surface area (Å²) in [6.07, 6.45) is 4.41. The molecule has 5 heterocycles. The Hall–Kier alpha value is -6.61. The zero-order chi connectivity index (χ0) is 34.0. The first kappa shape index (κ1) is 31.8. The number of aromatic carboxylic acids is 2. The van der Waals surface area contributed by atoms with Gasteiger partial charge in [0.2, 0.25) is 0 Å². The van der Waals surface area contributed by atoms with Crippen molar-refractivity contribution in [3.63, 3.8) is 0 Å². The Morgan fingerprint density at radius 1 is 0.723 bits per heavy atom. The highest BCUT2D eigenvalue weighted by Crippen LogP contribution is 2.34. The van der Waals surface area contributed by atoms with Gasteiger partial charge in [0.15, 0.2) is 34.6 Å². The van der Waals surface area contributed by atoms with Crippen LogP contribution in [0.3, 0.4) is 0 Å². The van der Waals surface area contributed by atoms with Crippen molar-refractivity contribution in [2.24, 2.45) is 34.6 Å². The van der Waals surface area contributed by atoms with E-state index < -0.39 is 17.9 Å². The molecule has 7 N–H and O–H groups in total. The van der Waals surface area contributed by atoms with Crippen LogP contribution in [0.15, 0.2) is 32.9 Å². The van der Waals surface area contributed by atoms with Crippen LogP contribution in [0.5, 0.6) is 6.01 Å². The van der Waals surface area contributed by atoms with E-state index in [0.29, 0.717) is 37.1 Å². The van der Waals surface area contributed by atoms with Gasteiger partial charge in [-0.3, -0.25) is 0 Å². The Labute approximate surface area is 264 Å². The van der Waals surface area contributed by atoms with E-state index in [1.807, 2.05) is 13.8 Å². The molecule has 0 aliphatic carbocycles. The molecule has 0 radical (unpaired) electrons. The van der Waals surface area contributed by atoms with Crippen molar-refractivity contribution in [3.05, 3.63) is 34.9 Å². The molecule has 0 aliphatic heterocycles. The number of nitrogen functional groups attached to an aromatic ring is 2. The summed E-state index contributed by atoms with van der Waals surface area (Å²) >= 11 is 0. The van der Waals surface area contributed by atoms with Gasteiger partial charge in [-0.15, -0.1) is 20.5 Å². The highest BCUT2D eigenvalue weighted by atomic mass is 16.4. The van der Waals surface area contributed by atoms with Gasteiger partial charge in [-0.25, -0.2) is 19.0 Å². The number of carbonyl (C=O) groups is 2. The lowest BCUT2D eigenvalue weighted by atomic mass is 10.2. The van der Waals surface area contributed by atoms with Gasteiger partial charge in [0.05, 0.1) is 23.8 Å². The maximum absolute atomic E-state index is 11.6. The summed E-state index contributed by atoms with van der Waals surface area (Å²) in [5.41, 5.74) is 13.6. The Morgan fingerprint density at radius 3 is 1.49 bits per heavy atom. The van der Waals surface area contributed by atoms with E-state index >= 15 is 0 Å². The van der Waals surface area contributed by atoms with Crippen LogP contribution in [0, 0.1) is 0 Å². The second kappa shape index (κ2) is 12.8. The quantitative estimate of drug-likeness (QED) is 0.122. The molecule has 47 heavy (non-hydrogen) atoms. The molecule has 0 saturated carbocycles. The first-order chi connectivity index (χ1) is 22.4. The SMILES string of the molecule is CCCc1nn(-c2nc(O)nc(-n3nc(CCC)c(/N=N/c4c(C(=O)O)cnn4C)c3N)n2)c(N)c1/N=N/c1c(C(=O)O)cnn1C. The van der Waals surface area contributed by atoms with E-state index in [0.717, 1.165) is 21.8 Å². The van der Waals surface area contributed by atoms with Gasteiger partial charge in [-0.1, -0.05) is 26.7 Å². The van der Waals surface area contributed by atoms with Gasteiger partial charge in [-0.05, 0) is 12.8 Å². The summed E-state index contributed by atoms with van der Waals surface area (Å²) in [6.45, 7) is 3.82. The minimum absolute atomic E-state index is 0.0141. The summed E-state index contributed by atoms with van der Waals surface area (Å²) in [5, 5.41) is 62.7. The summed E-state index contributed by atoms with van der Waals surface area (Å²) < 4.78 is 4.74. The van der Waals surface area contributed by atoms with Gasteiger partial charge >= 0.3 is 17.9 Å². The molecule has 22 nitrogen and oxygen atoms in total. The lowest BCUT2D eigenvalue weighted by Gasteiger charge is -2.06. The maximum Gasteiger partial charge on any atom is 0.341 e. The van der Waals surface area contributed by atoms with E-state index in [9.17, 15) is 24.9 Å². The van der Waals surface area contributed by atoms with Crippen molar-refractivity contribution in [3.8, 4) is 17.9 Å². The molecule has 0 aliphatic rings. The first-order valence-electron chi connectivity index (χ1n) is 14.0. The number of hydrogen-bond acceptors (Lipinski definition) is 16. The third-order valence-electron chi connectivity index (χ3n) is 6.65. The summed E-state index contributed by atoms with van der Waals surface area (Å²) in [6, 6.07) is -0.711. The number of hydrogen-bond donors (Lipinski definition) is 5. The number of azo groups is 2. The van der Waals surface area contributed by atoms with Gasteiger partial charge in [0.25, 0.3) is 11.9 Å². The number of nitrogens with zero attached hydrogens (tertiary/aromatic N) is 15. The number of aryl methyl sites for hydroxylation is 4. The van der Waals surface area contributed by atoms with Crippen LogP contribution >= 0.6 is 0 Å². The highest BCUT2D eigenvalue weighted by Gasteiger charge is 2.24. The van der Waals surface area contributed by atoms with Crippen LogP contribution in [-0.4, -0.2) is 81.3 Å². The van der Waals surface area contributed by atoms with E-state index in [1.165, 1.54) is 23.5 Å². The lowest BCUT2D eigenvalue weighted by Crippen LogP contribution is -2.13. The van der Waals surface area contributed by atoms with Crippen LogP contribution in [-0.2, 0) is 26.9 Å². The Kier molecular flexibility index (Phi) is 8.65. The topological polar surface area (TPSA) is 306 Å². The summed E-state index contributed by atoms with van der Waals surface area (Å²) in [4.78, 5) is 35.5. The number of aromatic nitrogens is 11. The van der Waals surface area contributed by atoms with E-state index in [-0.39, 0.29) is 57.7 Å². The van der Waals surface area contributed by atoms with E-state index in [1.54, 1.807) is 0 Å². The van der Waals surface area contributed by atoms with Crippen LogP contribution in [0.1, 0.15) is 58.8 Å². The fourth-order valence-corrected chi connectivity index (χ4v) is 4.40.